The molecule has 0 amide bonds. The molecule has 0 aliphatic carbocycles. The third-order valence-corrected chi connectivity index (χ3v) is 3.95. The first-order valence-corrected chi connectivity index (χ1v) is 8.74. The number of nitrogens with one attached hydrogen (secondary N) is 1. The molecule has 0 aromatic heterocycles. The van der Waals surface area contributed by atoms with Crippen molar-refractivity contribution in [1.29, 1.82) is 0 Å². The van der Waals surface area contributed by atoms with Gasteiger partial charge in [-0.2, -0.15) is 0 Å². The average Bonchev–Trinajstić information content (AvgIpc) is 2.48. The van der Waals surface area contributed by atoms with Gasteiger partial charge >= 0.3 is 0 Å². The van der Waals surface area contributed by atoms with Crippen molar-refractivity contribution in [3.8, 4) is 5.75 Å². The van der Waals surface area contributed by atoms with E-state index in [9.17, 15) is 0 Å². The first-order chi connectivity index (χ1) is 10.2. The van der Waals surface area contributed by atoms with Gasteiger partial charge in [0.2, 0.25) is 0 Å². The summed E-state index contributed by atoms with van der Waals surface area (Å²) < 4.78 is 7.07. The highest BCUT2D eigenvalue weighted by atomic mass is 79.9. The summed E-state index contributed by atoms with van der Waals surface area (Å²) in [6, 6.07) is 6.61. The van der Waals surface area contributed by atoms with Gasteiger partial charge in [0.05, 0.1) is 6.61 Å². The van der Waals surface area contributed by atoms with E-state index in [1.807, 2.05) is 6.08 Å². The van der Waals surface area contributed by atoms with Gasteiger partial charge in [-0.05, 0) is 57.7 Å². The maximum atomic E-state index is 6.00. The summed E-state index contributed by atoms with van der Waals surface area (Å²) in [7, 11) is 0. The molecule has 21 heavy (non-hydrogen) atoms. The number of ether oxygens (including phenoxy) is 1. The fourth-order valence-corrected chi connectivity index (χ4v) is 2.55. The van der Waals surface area contributed by atoms with Gasteiger partial charge in [-0.1, -0.05) is 35.0 Å². The normalized spacial score (nSPS) is 12.1. The van der Waals surface area contributed by atoms with Crippen LogP contribution < -0.4 is 10.1 Å². The van der Waals surface area contributed by atoms with Crippen molar-refractivity contribution < 1.29 is 4.74 Å². The minimum Gasteiger partial charge on any atom is -0.493 e. The van der Waals surface area contributed by atoms with Crippen LogP contribution in [0.15, 0.2) is 35.3 Å². The zero-order valence-electron chi connectivity index (χ0n) is 13.3. The van der Waals surface area contributed by atoms with Crippen molar-refractivity contribution >= 4 is 15.9 Å². The van der Waals surface area contributed by atoms with Gasteiger partial charge in [-0.25, -0.2) is 0 Å². The quantitative estimate of drug-likeness (QED) is 0.410. The lowest BCUT2D eigenvalue weighted by molar-refractivity contribution is 0.299. The van der Waals surface area contributed by atoms with Crippen LogP contribution in [0.3, 0.4) is 0 Å². The van der Waals surface area contributed by atoms with E-state index in [0.29, 0.717) is 6.04 Å². The maximum Gasteiger partial charge on any atom is 0.125 e. The Morgan fingerprint density at radius 1 is 1.33 bits per heavy atom. The molecule has 0 saturated heterocycles. The lowest BCUT2D eigenvalue weighted by Crippen LogP contribution is -2.20. The van der Waals surface area contributed by atoms with Crippen LogP contribution in [0.25, 0.3) is 0 Å². The molecule has 0 aliphatic heterocycles. The van der Waals surface area contributed by atoms with Gasteiger partial charge in [0.15, 0.2) is 0 Å². The Hall–Kier alpha value is -0.800. The zero-order chi connectivity index (χ0) is 15.5. The van der Waals surface area contributed by atoms with Crippen LogP contribution in [0.5, 0.6) is 5.75 Å². The molecule has 0 bridgehead atoms. The number of benzene rings is 1. The minimum absolute atomic E-state index is 0.314. The van der Waals surface area contributed by atoms with Crippen LogP contribution in [0.1, 0.15) is 57.6 Å². The molecule has 0 radical (unpaired) electrons. The number of unbranched alkanes of at least 4 members (excludes halogenated alkanes) is 3. The van der Waals surface area contributed by atoms with E-state index in [1.54, 1.807) is 0 Å². The predicted octanol–water partition coefficient (Wildman–Crippen LogP) is 5.63. The molecule has 0 spiro atoms. The van der Waals surface area contributed by atoms with Gasteiger partial charge in [0.25, 0.3) is 0 Å². The Bertz CT molecular complexity index is 420. The second-order valence-corrected chi connectivity index (χ2v) is 6.26. The smallest absolute Gasteiger partial charge is 0.125 e. The van der Waals surface area contributed by atoms with E-state index in [-0.39, 0.29) is 0 Å². The molecule has 1 atom stereocenters. The molecule has 1 aromatic rings. The largest absolute Gasteiger partial charge is 0.493 e. The molecule has 1 N–H and O–H groups in total. The van der Waals surface area contributed by atoms with E-state index in [0.717, 1.165) is 42.6 Å². The maximum absolute atomic E-state index is 6.00. The van der Waals surface area contributed by atoms with Crippen LogP contribution >= 0.6 is 15.9 Å². The fraction of sp³-hybridized carbons (Fsp3) is 0.556. The summed E-state index contributed by atoms with van der Waals surface area (Å²) in [5.41, 5.74) is 1.23. The average molecular weight is 354 g/mol. The Labute approximate surface area is 138 Å². The summed E-state index contributed by atoms with van der Waals surface area (Å²) in [5, 5.41) is 3.52. The predicted molar refractivity (Wildman–Crippen MR) is 95.0 cm³/mol. The van der Waals surface area contributed by atoms with Gasteiger partial charge in [0.1, 0.15) is 5.75 Å². The SMILES string of the molecule is C=CCCCCCOc1cc(Br)ccc1C(C)NCCC. The Kier molecular flexibility index (Phi) is 9.44. The third-order valence-electron chi connectivity index (χ3n) is 3.45. The van der Waals surface area contributed by atoms with Crippen LogP contribution in [-0.2, 0) is 0 Å². The second kappa shape index (κ2) is 10.9. The number of hydrogen-bond donors (Lipinski definition) is 1. The lowest BCUT2D eigenvalue weighted by atomic mass is 10.1. The fourth-order valence-electron chi connectivity index (χ4n) is 2.21. The van der Waals surface area contributed by atoms with Crippen LogP contribution in [0, 0.1) is 0 Å². The van der Waals surface area contributed by atoms with E-state index in [2.05, 4.69) is 59.9 Å². The van der Waals surface area contributed by atoms with Crippen molar-refractivity contribution in [3.63, 3.8) is 0 Å². The minimum atomic E-state index is 0.314. The van der Waals surface area contributed by atoms with Crippen molar-refractivity contribution in [1.82, 2.24) is 5.32 Å². The molecule has 0 aliphatic rings. The molecule has 1 rings (SSSR count). The summed E-state index contributed by atoms with van der Waals surface area (Å²) >= 11 is 3.53. The summed E-state index contributed by atoms with van der Waals surface area (Å²) in [4.78, 5) is 0. The van der Waals surface area contributed by atoms with Gasteiger partial charge in [0, 0.05) is 16.1 Å². The van der Waals surface area contributed by atoms with E-state index in [4.69, 9.17) is 4.74 Å². The monoisotopic (exact) mass is 353 g/mol. The van der Waals surface area contributed by atoms with Crippen LogP contribution in [0.2, 0.25) is 0 Å². The second-order valence-electron chi connectivity index (χ2n) is 5.34. The standard InChI is InChI=1S/C18H28BrNO/c1-4-6-7-8-9-13-21-18-14-16(19)10-11-17(18)15(3)20-12-5-2/h4,10-11,14-15,20H,1,5-9,12-13H2,2-3H3. The lowest BCUT2D eigenvalue weighted by Gasteiger charge is -2.18. The van der Waals surface area contributed by atoms with E-state index >= 15 is 0 Å². The van der Waals surface area contributed by atoms with Gasteiger partial charge in [-0.3, -0.25) is 0 Å². The molecular formula is C18H28BrNO. The molecule has 0 fully saturated rings. The molecule has 0 saturated carbocycles. The van der Waals surface area contributed by atoms with Crippen molar-refractivity contribution in [2.24, 2.45) is 0 Å². The first-order valence-electron chi connectivity index (χ1n) is 7.95. The highest BCUT2D eigenvalue weighted by Gasteiger charge is 2.11. The molecule has 2 nitrogen and oxygen atoms in total. The van der Waals surface area contributed by atoms with Crippen molar-refractivity contribution in [2.75, 3.05) is 13.2 Å². The van der Waals surface area contributed by atoms with E-state index in [1.165, 1.54) is 18.4 Å². The first kappa shape index (κ1) is 18.2. The molecular weight excluding hydrogens is 326 g/mol. The summed E-state index contributed by atoms with van der Waals surface area (Å²) in [6.07, 6.45) is 7.71. The van der Waals surface area contributed by atoms with Crippen molar-refractivity contribution in [2.45, 2.75) is 52.0 Å². The molecule has 0 heterocycles. The topological polar surface area (TPSA) is 21.3 Å². The van der Waals surface area contributed by atoms with Crippen molar-refractivity contribution in [3.05, 3.63) is 40.9 Å². The summed E-state index contributed by atoms with van der Waals surface area (Å²) in [6.45, 7) is 9.93. The molecule has 3 heteroatoms. The van der Waals surface area contributed by atoms with Crippen LogP contribution in [-0.4, -0.2) is 13.2 Å². The third kappa shape index (κ3) is 7.14. The molecule has 118 valence electrons. The highest BCUT2D eigenvalue weighted by Crippen LogP contribution is 2.29. The highest BCUT2D eigenvalue weighted by molar-refractivity contribution is 9.10. The number of hydrogen-bond acceptors (Lipinski definition) is 2. The Morgan fingerprint density at radius 3 is 2.86 bits per heavy atom. The van der Waals surface area contributed by atoms with Gasteiger partial charge in [-0.15, -0.1) is 6.58 Å². The number of allylic oxidation sites excluding steroid dienone is 1. The van der Waals surface area contributed by atoms with Crippen LogP contribution in [0.4, 0.5) is 0 Å². The van der Waals surface area contributed by atoms with E-state index < -0.39 is 0 Å². The number of halogens is 1. The van der Waals surface area contributed by atoms with Gasteiger partial charge < -0.3 is 10.1 Å². The Morgan fingerprint density at radius 2 is 2.14 bits per heavy atom. The summed E-state index contributed by atoms with van der Waals surface area (Å²) in [5.74, 6) is 0.990. The molecule has 1 unspecified atom stereocenters. The Balaban J connectivity index is 2.54. The molecule has 1 aromatic carbocycles. The zero-order valence-corrected chi connectivity index (χ0v) is 14.9. The number of rotatable bonds is 11.